The van der Waals surface area contributed by atoms with Crippen molar-refractivity contribution in [2.45, 2.75) is 0 Å². The highest BCUT2D eigenvalue weighted by atomic mass is 79.9. The van der Waals surface area contributed by atoms with Gasteiger partial charge in [0, 0.05) is 21.7 Å². The van der Waals surface area contributed by atoms with Crippen LogP contribution in [0, 0.1) is 10.1 Å². The first kappa shape index (κ1) is 24.5. The molecule has 4 rings (SSSR count). The van der Waals surface area contributed by atoms with E-state index in [1.54, 1.807) is 12.1 Å². The van der Waals surface area contributed by atoms with E-state index in [9.17, 15) is 29.3 Å². The molecule has 3 aromatic rings. The van der Waals surface area contributed by atoms with Crippen molar-refractivity contribution in [2.75, 3.05) is 6.54 Å². The zero-order valence-electron chi connectivity index (χ0n) is 17.4. The topological polar surface area (TPSA) is 118 Å². The SMILES string of the molecule is O=C(CN(C(=O)c1ccc(Cl)c(Cl)c1)N1C(=O)c2cccc([N+](=O)[O-])c2C1=O)c1ccc(Br)cc1. The number of hydrazine groups is 1. The molecule has 0 saturated carbocycles. The highest BCUT2D eigenvalue weighted by Gasteiger charge is 2.46. The minimum Gasteiger partial charge on any atom is -0.292 e. The van der Waals surface area contributed by atoms with Gasteiger partial charge in [0.25, 0.3) is 23.4 Å². The van der Waals surface area contributed by atoms with Gasteiger partial charge in [0.1, 0.15) is 12.1 Å². The average Bonchev–Trinajstić information content (AvgIpc) is 3.09. The summed E-state index contributed by atoms with van der Waals surface area (Å²) in [5.74, 6) is -3.58. The van der Waals surface area contributed by atoms with Crippen molar-refractivity contribution in [1.82, 2.24) is 10.0 Å². The number of nitro benzene ring substituents is 1. The van der Waals surface area contributed by atoms with Gasteiger partial charge >= 0.3 is 0 Å². The highest BCUT2D eigenvalue weighted by molar-refractivity contribution is 9.10. The molecule has 0 unspecified atom stereocenters. The number of nitrogens with zero attached hydrogens (tertiary/aromatic N) is 3. The molecule has 0 bridgehead atoms. The molecule has 0 fully saturated rings. The normalized spacial score (nSPS) is 12.5. The Morgan fingerprint density at radius 3 is 2.23 bits per heavy atom. The number of ketones is 1. The Bertz CT molecular complexity index is 1430. The summed E-state index contributed by atoms with van der Waals surface area (Å²) in [6.07, 6.45) is 0. The fourth-order valence-electron chi connectivity index (χ4n) is 3.50. The Morgan fingerprint density at radius 2 is 1.60 bits per heavy atom. The first-order valence-corrected chi connectivity index (χ1v) is 11.4. The lowest BCUT2D eigenvalue weighted by Gasteiger charge is -2.29. The second kappa shape index (κ2) is 9.57. The quantitative estimate of drug-likeness (QED) is 0.172. The molecule has 3 aromatic carbocycles. The fraction of sp³-hybridized carbons (Fsp3) is 0.0435. The smallest absolute Gasteiger partial charge is 0.287 e. The number of carbonyl (C=O) groups excluding carboxylic acids is 4. The maximum absolute atomic E-state index is 13.5. The molecule has 0 saturated heterocycles. The van der Waals surface area contributed by atoms with E-state index in [0.717, 1.165) is 6.07 Å². The molecule has 35 heavy (non-hydrogen) atoms. The van der Waals surface area contributed by atoms with Crippen LogP contribution < -0.4 is 0 Å². The van der Waals surface area contributed by atoms with Crippen molar-refractivity contribution < 1.29 is 24.1 Å². The number of hydrogen-bond donors (Lipinski definition) is 0. The summed E-state index contributed by atoms with van der Waals surface area (Å²) in [5.41, 5.74) is -1.17. The van der Waals surface area contributed by atoms with Crippen LogP contribution in [0.25, 0.3) is 0 Å². The number of imide groups is 1. The molecular weight excluding hydrogens is 565 g/mol. The van der Waals surface area contributed by atoms with Crippen LogP contribution in [0.4, 0.5) is 5.69 Å². The molecule has 176 valence electrons. The molecule has 0 aliphatic carbocycles. The number of rotatable bonds is 6. The zero-order chi connectivity index (χ0) is 25.4. The van der Waals surface area contributed by atoms with Gasteiger partial charge in [-0.15, -0.1) is 0 Å². The lowest BCUT2D eigenvalue weighted by atomic mass is 10.1. The fourth-order valence-corrected chi connectivity index (χ4v) is 4.06. The van der Waals surface area contributed by atoms with Gasteiger partial charge in [-0.25, -0.2) is 5.01 Å². The number of nitro groups is 1. The number of fused-ring (bicyclic) bond motifs is 1. The summed E-state index contributed by atoms with van der Waals surface area (Å²) in [6, 6.07) is 13.7. The van der Waals surface area contributed by atoms with Crippen molar-refractivity contribution in [3.8, 4) is 0 Å². The van der Waals surface area contributed by atoms with Crippen LogP contribution in [0.1, 0.15) is 41.4 Å². The van der Waals surface area contributed by atoms with E-state index in [-0.39, 0.29) is 26.7 Å². The molecule has 0 radical (unpaired) electrons. The van der Waals surface area contributed by atoms with Gasteiger partial charge in [-0.1, -0.05) is 57.3 Å². The summed E-state index contributed by atoms with van der Waals surface area (Å²) in [7, 11) is 0. The number of Topliss-reactive ketones (excluding diaryl/α,β-unsaturated/α-hetero) is 1. The van der Waals surface area contributed by atoms with Crippen LogP contribution in [-0.4, -0.2) is 45.0 Å². The van der Waals surface area contributed by atoms with Gasteiger partial charge in [0.15, 0.2) is 5.78 Å². The van der Waals surface area contributed by atoms with Gasteiger partial charge in [0.05, 0.1) is 20.5 Å². The second-order valence-electron chi connectivity index (χ2n) is 7.30. The van der Waals surface area contributed by atoms with Crippen molar-refractivity contribution in [2.24, 2.45) is 0 Å². The van der Waals surface area contributed by atoms with Crippen LogP contribution in [-0.2, 0) is 0 Å². The largest absolute Gasteiger partial charge is 0.292 e. The van der Waals surface area contributed by atoms with E-state index in [2.05, 4.69) is 15.9 Å². The number of benzene rings is 3. The van der Waals surface area contributed by atoms with Crippen molar-refractivity contribution in [3.63, 3.8) is 0 Å². The van der Waals surface area contributed by atoms with Crippen LogP contribution in [0.2, 0.25) is 10.0 Å². The number of carbonyl (C=O) groups is 4. The molecule has 12 heteroatoms. The Morgan fingerprint density at radius 1 is 0.943 bits per heavy atom. The summed E-state index contributed by atoms with van der Waals surface area (Å²) in [6.45, 7) is -0.708. The summed E-state index contributed by atoms with van der Waals surface area (Å²) < 4.78 is 0.713. The van der Waals surface area contributed by atoms with Gasteiger partial charge in [-0.2, -0.15) is 5.01 Å². The van der Waals surface area contributed by atoms with Crippen molar-refractivity contribution in [1.29, 1.82) is 0 Å². The second-order valence-corrected chi connectivity index (χ2v) is 9.03. The summed E-state index contributed by atoms with van der Waals surface area (Å²) in [5, 5.41) is 12.8. The summed E-state index contributed by atoms with van der Waals surface area (Å²) in [4.78, 5) is 63.6. The third kappa shape index (κ3) is 4.55. The molecule has 9 nitrogen and oxygen atoms in total. The van der Waals surface area contributed by atoms with Crippen LogP contribution in [0.3, 0.4) is 0 Å². The van der Waals surface area contributed by atoms with Gasteiger partial charge in [0.2, 0.25) is 0 Å². The predicted octanol–water partition coefficient (Wildman–Crippen LogP) is 5.20. The lowest BCUT2D eigenvalue weighted by Crippen LogP contribution is -2.51. The van der Waals surface area contributed by atoms with Crippen LogP contribution in [0.5, 0.6) is 0 Å². The standard InChI is InChI=1S/C23H12BrCl2N3O6/c24-14-7-4-12(5-8-14)19(30)11-27(21(31)13-6-9-16(25)17(26)10-13)28-22(32)15-2-1-3-18(29(34)35)20(15)23(28)33/h1-10H,11H2. The summed E-state index contributed by atoms with van der Waals surface area (Å²) >= 11 is 15.2. The molecule has 0 N–H and O–H groups in total. The molecule has 0 aromatic heterocycles. The van der Waals surface area contributed by atoms with Crippen molar-refractivity contribution in [3.05, 3.63) is 108 Å². The third-order valence-electron chi connectivity index (χ3n) is 5.17. The number of hydrogen-bond acceptors (Lipinski definition) is 6. The van der Waals surface area contributed by atoms with E-state index < -0.39 is 46.2 Å². The molecule has 0 atom stereocenters. The van der Waals surface area contributed by atoms with Crippen LogP contribution in [0.15, 0.2) is 65.1 Å². The monoisotopic (exact) mass is 575 g/mol. The first-order valence-electron chi connectivity index (χ1n) is 9.82. The van der Waals surface area contributed by atoms with E-state index in [1.165, 1.54) is 42.5 Å². The Labute approximate surface area is 216 Å². The lowest BCUT2D eigenvalue weighted by molar-refractivity contribution is -0.385. The highest BCUT2D eigenvalue weighted by Crippen LogP contribution is 2.33. The number of halogens is 3. The van der Waals surface area contributed by atoms with Crippen LogP contribution >= 0.6 is 39.1 Å². The Kier molecular flexibility index (Phi) is 6.70. The average molecular weight is 577 g/mol. The molecular formula is C23H12BrCl2N3O6. The maximum Gasteiger partial charge on any atom is 0.287 e. The van der Waals surface area contributed by atoms with E-state index in [0.29, 0.717) is 14.5 Å². The van der Waals surface area contributed by atoms with E-state index in [4.69, 9.17) is 23.2 Å². The van der Waals surface area contributed by atoms with Gasteiger partial charge in [-0.05, 0) is 36.4 Å². The first-order chi connectivity index (χ1) is 16.6. The maximum atomic E-state index is 13.5. The predicted molar refractivity (Wildman–Crippen MR) is 130 cm³/mol. The minimum absolute atomic E-state index is 0.0368. The van der Waals surface area contributed by atoms with Gasteiger partial charge in [-0.3, -0.25) is 29.3 Å². The zero-order valence-corrected chi connectivity index (χ0v) is 20.5. The van der Waals surface area contributed by atoms with E-state index in [1.807, 2.05) is 0 Å². The van der Waals surface area contributed by atoms with E-state index >= 15 is 0 Å². The Balaban J connectivity index is 1.79. The minimum atomic E-state index is -1.10. The molecule has 1 aliphatic rings. The van der Waals surface area contributed by atoms with Crippen molar-refractivity contribution >= 4 is 68.3 Å². The third-order valence-corrected chi connectivity index (χ3v) is 6.44. The molecule has 0 spiro atoms. The number of amides is 3. The molecule has 1 heterocycles. The molecule has 1 aliphatic heterocycles. The molecule has 3 amide bonds. The van der Waals surface area contributed by atoms with Gasteiger partial charge < -0.3 is 0 Å². The Hall–Kier alpha value is -3.60.